The standard InChI is InChI=1S/C10H16N4O2/c1-16-6-4-9(11)10(15)12-7-8-3-2-5-13-14-8/h2-3,5,9H,4,6-7,11H2,1H3,(H,12,15). The van der Waals surface area contributed by atoms with E-state index >= 15 is 0 Å². The zero-order chi connectivity index (χ0) is 11.8. The highest BCUT2D eigenvalue weighted by Crippen LogP contribution is 1.92. The van der Waals surface area contributed by atoms with Crippen LogP contribution < -0.4 is 11.1 Å². The van der Waals surface area contributed by atoms with Crippen LogP contribution in [0.25, 0.3) is 0 Å². The average molecular weight is 224 g/mol. The van der Waals surface area contributed by atoms with Crippen LogP contribution in [0.3, 0.4) is 0 Å². The second-order valence-corrected chi connectivity index (χ2v) is 3.32. The first kappa shape index (κ1) is 12.5. The number of carbonyl (C=O) groups is 1. The number of nitrogens with zero attached hydrogens (tertiary/aromatic N) is 2. The number of hydrogen-bond donors (Lipinski definition) is 2. The fourth-order valence-corrected chi connectivity index (χ4v) is 1.11. The van der Waals surface area contributed by atoms with Crippen LogP contribution >= 0.6 is 0 Å². The topological polar surface area (TPSA) is 90.1 Å². The van der Waals surface area contributed by atoms with Gasteiger partial charge in [-0.1, -0.05) is 0 Å². The average Bonchev–Trinajstić information content (AvgIpc) is 2.34. The summed E-state index contributed by atoms with van der Waals surface area (Å²) < 4.78 is 4.84. The number of nitrogens with one attached hydrogen (secondary N) is 1. The molecule has 6 nitrogen and oxygen atoms in total. The quantitative estimate of drug-likeness (QED) is 0.677. The van der Waals surface area contributed by atoms with E-state index in [1.54, 1.807) is 25.4 Å². The SMILES string of the molecule is COCCC(N)C(=O)NCc1cccnn1. The smallest absolute Gasteiger partial charge is 0.237 e. The van der Waals surface area contributed by atoms with Crippen molar-refractivity contribution in [3.63, 3.8) is 0 Å². The second kappa shape index (κ2) is 6.86. The lowest BCUT2D eigenvalue weighted by Gasteiger charge is -2.10. The first-order valence-electron chi connectivity index (χ1n) is 5.03. The number of methoxy groups -OCH3 is 1. The molecule has 0 aliphatic heterocycles. The molecule has 1 rings (SSSR count). The predicted octanol–water partition coefficient (Wildman–Crippen LogP) is -0.543. The Balaban J connectivity index is 2.29. The monoisotopic (exact) mass is 224 g/mol. The van der Waals surface area contributed by atoms with E-state index in [1.807, 2.05) is 0 Å². The predicted molar refractivity (Wildman–Crippen MR) is 58.3 cm³/mol. The molecule has 1 aromatic rings. The molecule has 0 spiro atoms. The number of ether oxygens (including phenoxy) is 1. The molecule has 0 aliphatic carbocycles. The molecule has 0 saturated carbocycles. The van der Waals surface area contributed by atoms with Crippen molar-refractivity contribution in [2.24, 2.45) is 5.73 Å². The van der Waals surface area contributed by atoms with E-state index in [9.17, 15) is 4.79 Å². The van der Waals surface area contributed by atoms with Crippen LogP contribution in [-0.2, 0) is 16.1 Å². The Labute approximate surface area is 94.2 Å². The minimum Gasteiger partial charge on any atom is -0.385 e. The van der Waals surface area contributed by atoms with Crippen LogP contribution in [0.15, 0.2) is 18.3 Å². The zero-order valence-electron chi connectivity index (χ0n) is 9.22. The maximum Gasteiger partial charge on any atom is 0.237 e. The zero-order valence-corrected chi connectivity index (χ0v) is 9.22. The largest absolute Gasteiger partial charge is 0.385 e. The molecule has 1 unspecified atom stereocenters. The van der Waals surface area contributed by atoms with Gasteiger partial charge in [0.2, 0.25) is 5.91 Å². The minimum absolute atomic E-state index is 0.206. The van der Waals surface area contributed by atoms with E-state index in [0.29, 0.717) is 25.3 Å². The first-order chi connectivity index (χ1) is 7.74. The van der Waals surface area contributed by atoms with Crippen molar-refractivity contribution < 1.29 is 9.53 Å². The highest BCUT2D eigenvalue weighted by Gasteiger charge is 2.12. The van der Waals surface area contributed by atoms with E-state index < -0.39 is 6.04 Å². The summed E-state index contributed by atoms with van der Waals surface area (Å²) in [6.45, 7) is 0.813. The van der Waals surface area contributed by atoms with Crippen molar-refractivity contribution in [2.75, 3.05) is 13.7 Å². The van der Waals surface area contributed by atoms with E-state index in [2.05, 4.69) is 15.5 Å². The number of carbonyl (C=O) groups excluding carboxylic acids is 1. The molecule has 3 N–H and O–H groups in total. The van der Waals surface area contributed by atoms with Crippen molar-refractivity contribution in [1.82, 2.24) is 15.5 Å². The maximum absolute atomic E-state index is 11.5. The third kappa shape index (κ3) is 4.33. The van der Waals surface area contributed by atoms with Crippen molar-refractivity contribution in [3.8, 4) is 0 Å². The number of aromatic nitrogens is 2. The molecule has 1 heterocycles. The van der Waals surface area contributed by atoms with Crippen molar-refractivity contribution in [3.05, 3.63) is 24.0 Å². The van der Waals surface area contributed by atoms with Crippen LogP contribution in [0.2, 0.25) is 0 Å². The van der Waals surface area contributed by atoms with Gasteiger partial charge < -0.3 is 15.8 Å². The second-order valence-electron chi connectivity index (χ2n) is 3.32. The molecule has 1 amide bonds. The van der Waals surface area contributed by atoms with Crippen molar-refractivity contribution >= 4 is 5.91 Å². The van der Waals surface area contributed by atoms with Gasteiger partial charge in [-0.05, 0) is 18.6 Å². The summed E-state index contributed by atoms with van der Waals surface area (Å²) in [4.78, 5) is 11.5. The van der Waals surface area contributed by atoms with Gasteiger partial charge in [-0.15, -0.1) is 0 Å². The Kier molecular flexibility index (Phi) is 5.38. The highest BCUT2D eigenvalue weighted by atomic mass is 16.5. The van der Waals surface area contributed by atoms with Gasteiger partial charge in [0.05, 0.1) is 18.3 Å². The fraction of sp³-hybridized carbons (Fsp3) is 0.500. The number of hydrogen-bond acceptors (Lipinski definition) is 5. The Morgan fingerprint density at radius 3 is 3.12 bits per heavy atom. The van der Waals surface area contributed by atoms with E-state index in [4.69, 9.17) is 10.5 Å². The Morgan fingerprint density at radius 2 is 2.50 bits per heavy atom. The molecule has 0 fully saturated rings. The highest BCUT2D eigenvalue weighted by molar-refractivity contribution is 5.81. The van der Waals surface area contributed by atoms with Crippen molar-refractivity contribution in [1.29, 1.82) is 0 Å². The molecular formula is C10H16N4O2. The first-order valence-corrected chi connectivity index (χ1v) is 5.03. The summed E-state index contributed by atoms with van der Waals surface area (Å²) in [5.74, 6) is -0.206. The van der Waals surface area contributed by atoms with Crippen LogP contribution in [0, 0.1) is 0 Å². The van der Waals surface area contributed by atoms with Crippen LogP contribution in [-0.4, -0.2) is 35.9 Å². The van der Waals surface area contributed by atoms with Crippen molar-refractivity contribution in [2.45, 2.75) is 19.0 Å². The van der Waals surface area contributed by atoms with Crippen LogP contribution in [0.4, 0.5) is 0 Å². The molecule has 0 saturated heterocycles. The Hall–Kier alpha value is -1.53. The van der Waals surface area contributed by atoms with Gasteiger partial charge in [-0.3, -0.25) is 4.79 Å². The molecule has 0 aliphatic rings. The number of nitrogens with two attached hydrogens (primary N) is 1. The van der Waals surface area contributed by atoms with Gasteiger partial charge in [0.25, 0.3) is 0 Å². The van der Waals surface area contributed by atoms with E-state index in [1.165, 1.54) is 0 Å². The maximum atomic E-state index is 11.5. The molecule has 1 aromatic heterocycles. The lowest BCUT2D eigenvalue weighted by atomic mass is 10.2. The summed E-state index contributed by atoms with van der Waals surface area (Å²) >= 11 is 0. The number of amides is 1. The summed E-state index contributed by atoms with van der Waals surface area (Å²) in [5.41, 5.74) is 6.34. The van der Waals surface area contributed by atoms with Gasteiger partial charge in [-0.2, -0.15) is 10.2 Å². The Morgan fingerprint density at radius 1 is 1.69 bits per heavy atom. The lowest BCUT2D eigenvalue weighted by Crippen LogP contribution is -2.41. The summed E-state index contributed by atoms with van der Waals surface area (Å²) in [6.07, 6.45) is 2.08. The molecule has 0 aromatic carbocycles. The van der Waals surface area contributed by atoms with E-state index in [0.717, 1.165) is 0 Å². The fourth-order valence-electron chi connectivity index (χ4n) is 1.11. The molecule has 16 heavy (non-hydrogen) atoms. The third-order valence-corrected chi connectivity index (χ3v) is 2.04. The third-order valence-electron chi connectivity index (χ3n) is 2.04. The van der Waals surface area contributed by atoms with Crippen LogP contribution in [0.5, 0.6) is 0 Å². The molecule has 88 valence electrons. The molecule has 0 bridgehead atoms. The van der Waals surface area contributed by atoms with E-state index in [-0.39, 0.29) is 5.91 Å². The molecular weight excluding hydrogens is 208 g/mol. The normalized spacial score (nSPS) is 12.1. The van der Waals surface area contributed by atoms with Gasteiger partial charge in [-0.25, -0.2) is 0 Å². The summed E-state index contributed by atoms with van der Waals surface area (Å²) in [7, 11) is 1.57. The molecule has 6 heteroatoms. The minimum atomic E-state index is -0.545. The Bertz CT molecular complexity index is 318. The van der Waals surface area contributed by atoms with Gasteiger partial charge in [0.1, 0.15) is 0 Å². The van der Waals surface area contributed by atoms with Gasteiger partial charge in [0.15, 0.2) is 0 Å². The number of rotatable bonds is 6. The van der Waals surface area contributed by atoms with Gasteiger partial charge >= 0.3 is 0 Å². The summed E-state index contributed by atoms with van der Waals surface area (Å²) in [5, 5.41) is 10.2. The lowest BCUT2D eigenvalue weighted by molar-refractivity contribution is -0.122. The van der Waals surface area contributed by atoms with Gasteiger partial charge in [0, 0.05) is 19.9 Å². The molecule has 0 radical (unpaired) electrons. The summed E-state index contributed by atoms with van der Waals surface area (Å²) in [6, 6.07) is 3.00. The molecule has 1 atom stereocenters. The van der Waals surface area contributed by atoms with Crippen LogP contribution in [0.1, 0.15) is 12.1 Å².